The van der Waals surface area contributed by atoms with Crippen molar-refractivity contribution in [3.63, 3.8) is 0 Å². The second-order valence-corrected chi connectivity index (χ2v) is 7.12. The lowest BCUT2D eigenvalue weighted by molar-refractivity contribution is 0.0941. The van der Waals surface area contributed by atoms with Gasteiger partial charge in [-0.2, -0.15) is 5.10 Å². The van der Waals surface area contributed by atoms with Crippen LogP contribution >= 0.6 is 0 Å². The van der Waals surface area contributed by atoms with Gasteiger partial charge < -0.3 is 10.1 Å². The van der Waals surface area contributed by atoms with E-state index in [1.54, 1.807) is 11.7 Å². The molecule has 0 saturated heterocycles. The molecule has 0 spiro atoms. The quantitative estimate of drug-likeness (QED) is 0.658. The minimum Gasteiger partial charge on any atom is -0.494 e. The molecule has 1 aromatic carbocycles. The standard InChI is InChI=1S/C21H29N3O2/c1-3-18-14-20(24(2)23-18)21(25)22-15-17-8-6-9-19(13-17)26-12-5-4-7-16-10-11-16/h6,8-9,13-14,16H,3-5,7,10-12,15H2,1-2H3,(H,22,25). The molecule has 1 aliphatic rings. The highest BCUT2D eigenvalue weighted by Gasteiger charge is 2.19. The van der Waals surface area contributed by atoms with Crippen LogP contribution in [0.2, 0.25) is 0 Å². The number of unbranched alkanes of at least 4 members (excludes halogenated alkanes) is 1. The Hall–Kier alpha value is -2.30. The number of aryl methyl sites for hydroxylation is 2. The first kappa shape index (κ1) is 18.5. The Labute approximate surface area is 155 Å². The molecule has 1 fully saturated rings. The fraction of sp³-hybridized carbons (Fsp3) is 0.524. The Morgan fingerprint density at radius 1 is 1.31 bits per heavy atom. The van der Waals surface area contributed by atoms with E-state index < -0.39 is 0 Å². The monoisotopic (exact) mass is 355 g/mol. The summed E-state index contributed by atoms with van der Waals surface area (Å²) in [6, 6.07) is 9.79. The van der Waals surface area contributed by atoms with Crippen LogP contribution in [0.4, 0.5) is 0 Å². The molecule has 1 amide bonds. The summed E-state index contributed by atoms with van der Waals surface area (Å²) in [7, 11) is 1.80. The number of carbonyl (C=O) groups excluding carboxylic acids is 1. The third-order valence-electron chi connectivity index (χ3n) is 4.85. The highest BCUT2D eigenvalue weighted by Crippen LogP contribution is 2.33. The summed E-state index contributed by atoms with van der Waals surface area (Å²) in [4.78, 5) is 12.4. The zero-order chi connectivity index (χ0) is 18.4. The molecule has 26 heavy (non-hydrogen) atoms. The molecule has 3 rings (SSSR count). The first-order valence-corrected chi connectivity index (χ1v) is 9.68. The van der Waals surface area contributed by atoms with E-state index in [4.69, 9.17) is 4.74 Å². The summed E-state index contributed by atoms with van der Waals surface area (Å²) < 4.78 is 7.48. The molecule has 140 valence electrons. The van der Waals surface area contributed by atoms with Gasteiger partial charge in [-0.15, -0.1) is 0 Å². The Morgan fingerprint density at radius 2 is 2.15 bits per heavy atom. The molecule has 0 radical (unpaired) electrons. The van der Waals surface area contributed by atoms with Crippen molar-refractivity contribution in [3.05, 3.63) is 47.3 Å². The van der Waals surface area contributed by atoms with E-state index >= 15 is 0 Å². The highest BCUT2D eigenvalue weighted by molar-refractivity contribution is 5.92. The largest absolute Gasteiger partial charge is 0.494 e. The van der Waals surface area contributed by atoms with Crippen molar-refractivity contribution < 1.29 is 9.53 Å². The maximum atomic E-state index is 12.4. The predicted molar refractivity (Wildman–Crippen MR) is 102 cm³/mol. The number of rotatable bonds is 10. The minimum atomic E-state index is -0.105. The lowest BCUT2D eigenvalue weighted by Crippen LogP contribution is -2.25. The van der Waals surface area contributed by atoms with Gasteiger partial charge in [0.2, 0.25) is 0 Å². The van der Waals surface area contributed by atoms with Crippen molar-refractivity contribution in [3.8, 4) is 5.75 Å². The van der Waals surface area contributed by atoms with Crippen molar-refractivity contribution in [2.45, 2.75) is 52.0 Å². The summed E-state index contributed by atoms with van der Waals surface area (Å²) in [6.45, 7) is 3.27. The van der Waals surface area contributed by atoms with Gasteiger partial charge in [-0.05, 0) is 48.9 Å². The molecule has 1 aromatic heterocycles. The summed E-state index contributed by atoms with van der Waals surface area (Å²) >= 11 is 0. The Morgan fingerprint density at radius 3 is 2.88 bits per heavy atom. The van der Waals surface area contributed by atoms with Gasteiger partial charge in [-0.25, -0.2) is 0 Å². The van der Waals surface area contributed by atoms with Crippen molar-refractivity contribution in [2.24, 2.45) is 13.0 Å². The molecule has 0 aliphatic heterocycles. The van der Waals surface area contributed by atoms with E-state index in [0.717, 1.165) is 42.4 Å². The predicted octanol–water partition coefficient (Wildman–Crippen LogP) is 3.87. The van der Waals surface area contributed by atoms with Crippen molar-refractivity contribution >= 4 is 5.91 Å². The fourth-order valence-electron chi connectivity index (χ4n) is 3.06. The van der Waals surface area contributed by atoms with Gasteiger partial charge in [0.1, 0.15) is 11.4 Å². The number of carbonyl (C=O) groups is 1. The topological polar surface area (TPSA) is 56.1 Å². The van der Waals surface area contributed by atoms with E-state index in [1.807, 2.05) is 37.3 Å². The molecule has 5 heteroatoms. The third-order valence-corrected chi connectivity index (χ3v) is 4.85. The van der Waals surface area contributed by atoms with Crippen molar-refractivity contribution in [1.82, 2.24) is 15.1 Å². The van der Waals surface area contributed by atoms with Gasteiger partial charge in [0.25, 0.3) is 5.91 Å². The third kappa shape index (κ3) is 5.35. The number of aromatic nitrogens is 2. The molecule has 1 saturated carbocycles. The summed E-state index contributed by atoms with van der Waals surface area (Å²) in [6.07, 6.45) is 7.38. The van der Waals surface area contributed by atoms with Gasteiger partial charge in [-0.1, -0.05) is 38.3 Å². The molecule has 1 aliphatic carbocycles. The Kier molecular flexibility index (Phi) is 6.31. The summed E-state index contributed by atoms with van der Waals surface area (Å²) in [5.74, 6) is 1.76. The number of amides is 1. The van der Waals surface area contributed by atoms with Crippen molar-refractivity contribution in [2.75, 3.05) is 6.61 Å². The van der Waals surface area contributed by atoms with Gasteiger partial charge in [0.15, 0.2) is 0 Å². The van der Waals surface area contributed by atoms with Gasteiger partial charge in [-0.3, -0.25) is 9.48 Å². The number of ether oxygens (including phenoxy) is 1. The number of hydrogen-bond donors (Lipinski definition) is 1. The van der Waals surface area contributed by atoms with Gasteiger partial charge in [0, 0.05) is 13.6 Å². The summed E-state index contributed by atoms with van der Waals surface area (Å²) in [5.41, 5.74) is 2.55. The lowest BCUT2D eigenvalue weighted by atomic mass is 10.2. The SMILES string of the molecule is CCc1cc(C(=O)NCc2cccc(OCCCCC3CC3)c2)n(C)n1. The molecule has 0 bridgehead atoms. The number of hydrogen-bond acceptors (Lipinski definition) is 3. The molecular formula is C21H29N3O2. The number of nitrogens with zero attached hydrogens (tertiary/aromatic N) is 2. The average molecular weight is 355 g/mol. The smallest absolute Gasteiger partial charge is 0.269 e. The van der Waals surface area contributed by atoms with Crippen LogP contribution in [-0.4, -0.2) is 22.3 Å². The number of benzene rings is 1. The van der Waals surface area contributed by atoms with Crippen LogP contribution in [0.25, 0.3) is 0 Å². The Bertz CT molecular complexity index is 735. The molecule has 1 heterocycles. The van der Waals surface area contributed by atoms with Gasteiger partial charge in [0.05, 0.1) is 12.3 Å². The van der Waals surface area contributed by atoms with Crippen LogP contribution in [-0.2, 0) is 20.0 Å². The van der Waals surface area contributed by atoms with Crippen LogP contribution in [0.3, 0.4) is 0 Å². The summed E-state index contributed by atoms with van der Waals surface area (Å²) in [5, 5.41) is 7.28. The average Bonchev–Trinajstić information content (AvgIpc) is 3.40. The van der Waals surface area contributed by atoms with Crippen LogP contribution in [0.5, 0.6) is 5.75 Å². The fourth-order valence-corrected chi connectivity index (χ4v) is 3.06. The molecular weight excluding hydrogens is 326 g/mol. The zero-order valence-corrected chi connectivity index (χ0v) is 15.8. The Balaban J connectivity index is 1.45. The van der Waals surface area contributed by atoms with Crippen LogP contribution < -0.4 is 10.1 Å². The second-order valence-electron chi connectivity index (χ2n) is 7.12. The minimum absolute atomic E-state index is 0.105. The van der Waals surface area contributed by atoms with E-state index in [0.29, 0.717) is 12.2 Å². The lowest BCUT2D eigenvalue weighted by Gasteiger charge is -2.09. The zero-order valence-electron chi connectivity index (χ0n) is 15.8. The van der Waals surface area contributed by atoms with Crippen LogP contribution in [0, 0.1) is 5.92 Å². The molecule has 0 atom stereocenters. The van der Waals surface area contributed by atoms with E-state index in [-0.39, 0.29) is 5.91 Å². The molecule has 5 nitrogen and oxygen atoms in total. The normalized spacial score (nSPS) is 13.6. The first-order chi connectivity index (χ1) is 12.7. The van der Waals surface area contributed by atoms with Crippen molar-refractivity contribution in [1.29, 1.82) is 0 Å². The first-order valence-electron chi connectivity index (χ1n) is 9.68. The highest BCUT2D eigenvalue weighted by atomic mass is 16.5. The second kappa shape index (κ2) is 8.88. The molecule has 1 N–H and O–H groups in total. The van der Waals surface area contributed by atoms with E-state index in [9.17, 15) is 4.79 Å². The number of nitrogens with one attached hydrogen (secondary N) is 1. The maximum Gasteiger partial charge on any atom is 0.269 e. The van der Waals surface area contributed by atoms with Crippen LogP contribution in [0.15, 0.2) is 30.3 Å². The molecule has 0 unspecified atom stereocenters. The van der Waals surface area contributed by atoms with E-state index in [2.05, 4.69) is 10.4 Å². The molecule has 2 aromatic rings. The maximum absolute atomic E-state index is 12.4. The van der Waals surface area contributed by atoms with Gasteiger partial charge >= 0.3 is 0 Å². The van der Waals surface area contributed by atoms with Crippen LogP contribution in [0.1, 0.15) is 60.8 Å². The van der Waals surface area contributed by atoms with E-state index in [1.165, 1.54) is 25.7 Å².